The lowest BCUT2D eigenvalue weighted by Crippen LogP contribution is -2.33. The highest BCUT2D eigenvalue weighted by Gasteiger charge is 2.29. The summed E-state index contributed by atoms with van der Waals surface area (Å²) in [6.45, 7) is 4.41. The molecule has 1 aromatic rings. The minimum atomic E-state index is 0.107. The van der Waals surface area contributed by atoms with Gasteiger partial charge in [0.1, 0.15) is 0 Å². The molecule has 2 atom stereocenters. The van der Waals surface area contributed by atoms with Crippen molar-refractivity contribution in [1.82, 2.24) is 10.6 Å². The smallest absolute Gasteiger partial charge is 0.225 e. The van der Waals surface area contributed by atoms with Gasteiger partial charge in [0.25, 0.3) is 0 Å². The Hall–Kier alpha value is -0.580. The van der Waals surface area contributed by atoms with Crippen LogP contribution >= 0.6 is 22.9 Å². The van der Waals surface area contributed by atoms with Gasteiger partial charge in [-0.05, 0) is 24.6 Å². The summed E-state index contributed by atoms with van der Waals surface area (Å²) < 4.78 is 0.764. The number of hydrogen-bond donors (Lipinski definition) is 2. The molecule has 2 N–H and O–H groups in total. The zero-order chi connectivity index (χ0) is 11.5. The molecule has 1 aromatic heterocycles. The standard InChI is InChI=1S/C11H15ClN2OS/c1-7-4-13-6-9(7)11(15)14-5-8-2-3-10(12)16-8/h2-3,7,9,13H,4-6H2,1H3,(H,14,15). The van der Waals surface area contributed by atoms with Crippen LogP contribution in [0.1, 0.15) is 11.8 Å². The van der Waals surface area contributed by atoms with Gasteiger partial charge in [0, 0.05) is 11.4 Å². The van der Waals surface area contributed by atoms with E-state index in [9.17, 15) is 4.79 Å². The van der Waals surface area contributed by atoms with E-state index >= 15 is 0 Å². The molecule has 0 spiro atoms. The van der Waals surface area contributed by atoms with E-state index in [4.69, 9.17) is 11.6 Å². The summed E-state index contributed by atoms with van der Waals surface area (Å²) in [5.41, 5.74) is 0. The van der Waals surface area contributed by atoms with Crippen molar-refractivity contribution >= 4 is 28.8 Å². The van der Waals surface area contributed by atoms with Crippen molar-refractivity contribution in [1.29, 1.82) is 0 Å². The molecule has 2 rings (SSSR count). The second-order valence-corrected chi connectivity index (χ2v) is 5.97. The number of thiophene rings is 1. The molecular formula is C11H15ClN2OS. The number of hydrogen-bond acceptors (Lipinski definition) is 3. The van der Waals surface area contributed by atoms with Crippen molar-refractivity contribution in [3.05, 3.63) is 21.3 Å². The molecule has 3 nitrogen and oxygen atoms in total. The van der Waals surface area contributed by atoms with Crippen LogP contribution in [0.5, 0.6) is 0 Å². The summed E-state index contributed by atoms with van der Waals surface area (Å²) in [6.07, 6.45) is 0. The van der Waals surface area contributed by atoms with Crippen LogP contribution in [0.15, 0.2) is 12.1 Å². The fraction of sp³-hybridized carbons (Fsp3) is 0.545. The van der Waals surface area contributed by atoms with Gasteiger partial charge in [-0.1, -0.05) is 18.5 Å². The van der Waals surface area contributed by atoms with E-state index in [1.165, 1.54) is 11.3 Å². The maximum absolute atomic E-state index is 11.9. The van der Waals surface area contributed by atoms with Crippen molar-refractivity contribution in [3.63, 3.8) is 0 Å². The van der Waals surface area contributed by atoms with Gasteiger partial charge in [-0.3, -0.25) is 4.79 Å². The lowest BCUT2D eigenvalue weighted by Gasteiger charge is -2.13. The first-order valence-electron chi connectivity index (χ1n) is 5.39. The van der Waals surface area contributed by atoms with Crippen LogP contribution in [0.4, 0.5) is 0 Å². The van der Waals surface area contributed by atoms with Crippen molar-refractivity contribution < 1.29 is 4.79 Å². The minimum Gasteiger partial charge on any atom is -0.351 e. The Bertz CT molecular complexity index is 380. The maximum atomic E-state index is 11.9. The van der Waals surface area contributed by atoms with Crippen molar-refractivity contribution in [2.45, 2.75) is 13.5 Å². The fourth-order valence-electron chi connectivity index (χ4n) is 1.91. The normalized spacial score (nSPS) is 24.6. The summed E-state index contributed by atoms with van der Waals surface area (Å²) in [5, 5.41) is 6.18. The third kappa shape index (κ3) is 2.75. The van der Waals surface area contributed by atoms with Gasteiger partial charge in [0.2, 0.25) is 5.91 Å². The number of rotatable bonds is 3. The number of nitrogens with one attached hydrogen (secondary N) is 2. The van der Waals surface area contributed by atoms with Crippen LogP contribution in [0.25, 0.3) is 0 Å². The Morgan fingerprint density at radius 1 is 1.62 bits per heavy atom. The van der Waals surface area contributed by atoms with Crippen molar-refractivity contribution in [3.8, 4) is 0 Å². The van der Waals surface area contributed by atoms with Crippen LogP contribution in [-0.2, 0) is 11.3 Å². The van der Waals surface area contributed by atoms with E-state index in [2.05, 4.69) is 17.6 Å². The maximum Gasteiger partial charge on any atom is 0.225 e. The minimum absolute atomic E-state index is 0.107. The first kappa shape index (κ1) is 11.9. The second-order valence-electron chi connectivity index (χ2n) is 4.17. The van der Waals surface area contributed by atoms with Gasteiger partial charge in [0.05, 0.1) is 16.8 Å². The highest BCUT2D eigenvalue weighted by atomic mass is 35.5. The molecule has 88 valence electrons. The summed E-state index contributed by atoms with van der Waals surface area (Å²) in [7, 11) is 0. The first-order chi connectivity index (χ1) is 7.66. The zero-order valence-corrected chi connectivity index (χ0v) is 10.7. The van der Waals surface area contributed by atoms with Gasteiger partial charge in [-0.25, -0.2) is 0 Å². The Labute approximate surface area is 104 Å². The van der Waals surface area contributed by atoms with Crippen LogP contribution in [0, 0.1) is 11.8 Å². The van der Waals surface area contributed by atoms with Gasteiger partial charge < -0.3 is 10.6 Å². The van der Waals surface area contributed by atoms with E-state index in [-0.39, 0.29) is 11.8 Å². The SMILES string of the molecule is CC1CNCC1C(=O)NCc1ccc(Cl)s1. The van der Waals surface area contributed by atoms with Crippen LogP contribution in [-0.4, -0.2) is 19.0 Å². The number of amides is 1. The Morgan fingerprint density at radius 2 is 2.44 bits per heavy atom. The molecule has 1 saturated heterocycles. The Kier molecular flexibility index (Phi) is 3.84. The largest absolute Gasteiger partial charge is 0.351 e. The lowest BCUT2D eigenvalue weighted by molar-refractivity contribution is -0.125. The molecule has 5 heteroatoms. The predicted octanol–water partition coefficient (Wildman–Crippen LogP) is 1.87. The van der Waals surface area contributed by atoms with E-state index in [0.29, 0.717) is 12.5 Å². The predicted molar refractivity (Wildman–Crippen MR) is 66.7 cm³/mol. The number of carbonyl (C=O) groups is 1. The molecule has 0 aliphatic carbocycles. The summed E-state index contributed by atoms with van der Waals surface area (Å²) in [6, 6.07) is 3.80. The molecule has 2 heterocycles. The molecule has 1 fully saturated rings. The monoisotopic (exact) mass is 258 g/mol. The molecule has 0 aromatic carbocycles. The average Bonchev–Trinajstić information content (AvgIpc) is 2.84. The third-order valence-corrected chi connectivity index (χ3v) is 4.15. The summed E-state index contributed by atoms with van der Waals surface area (Å²) >= 11 is 7.33. The topological polar surface area (TPSA) is 41.1 Å². The van der Waals surface area contributed by atoms with E-state index in [1.54, 1.807) is 0 Å². The third-order valence-electron chi connectivity index (χ3n) is 2.92. The van der Waals surface area contributed by atoms with Gasteiger partial charge in [-0.15, -0.1) is 11.3 Å². The Morgan fingerprint density at radius 3 is 3.00 bits per heavy atom. The molecule has 0 saturated carbocycles. The molecule has 1 aliphatic heterocycles. The van der Waals surface area contributed by atoms with Crippen LogP contribution < -0.4 is 10.6 Å². The lowest BCUT2D eigenvalue weighted by atomic mass is 9.97. The fourth-order valence-corrected chi connectivity index (χ4v) is 2.94. The number of carbonyl (C=O) groups excluding carboxylic acids is 1. The molecule has 16 heavy (non-hydrogen) atoms. The zero-order valence-electron chi connectivity index (χ0n) is 9.13. The van der Waals surface area contributed by atoms with E-state index in [1.807, 2.05) is 12.1 Å². The quantitative estimate of drug-likeness (QED) is 0.869. The van der Waals surface area contributed by atoms with Gasteiger partial charge >= 0.3 is 0 Å². The van der Waals surface area contributed by atoms with Crippen LogP contribution in [0.3, 0.4) is 0 Å². The molecule has 1 aliphatic rings. The molecule has 0 bridgehead atoms. The first-order valence-corrected chi connectivity index (χ1v) is 6.59. The Balaban J connectivity index is 1.83. The van der Waals surface area contributed by atoms with Gasteiger partial charge in [0.15, 0.2) is 0 Å². The summed E-state index contributed by atoms with van der Waals surface area (Å²) in [4.78, 5) is 13.0. The van der Waals surface area contributed by atoms with Crippen molar-refractivity contribution in [2.75, 3.05) is 13.1 Å². The molecule has 1 amide bonds. The van der Waals surface area contributed by atoms with E-state index < -0.39 is 0 Å². The molecule has 0 radical (unpaired) electrons. The average molecular weight is 259 g/mol. The highest BCUT2D eigenvalue weighted by molar-refractivity contribution is 7.16. The van der Waals surface area contributed by atoms with Crippen LogP contribution in [0.2, 0.25) is 4.34 Å². The second kappa shape index (κ2) is 5.17. The van der Waals surface area contributed by atoms with Crippen molar-refractivity contribution in [2.24, 2.45) is 11.8 Å². The molecular weight excluding hydrogens is 244 g/mol. The molecule has 2 unspecified atom stereocenters. The van der Waals surface area contributed by atoms with Gasteiger partial charge in [-0.2, -0.15) is 0 Å². The number of halogens is 1. The highest BCUT2D eigenvalue weighted by Crippen LogP contribution is 2.21. The summed E-state index contributed by atoms with van der Waals surface area (Å²) in [5.74, 6) is 0.671. The van der Waals surface area contributed by atoms with E-state index in [0.717, 1.165) is 22.3 Å².